The van der Waals surface area contributed by atoms with Gasteiger partial charge in [0.2, 0.25) is 0 Å². The van der Waals surface area contributed by atoms with E-state index in [9.17, 15) is 14.8 Å². The summed E-state index contributed by atoms with van der Waals surface area (Å²) in [5.41, 5.74) is 3.40. The topological polar surface area (TPSA) is 94.4 Å². The number of nitrogens with zero attached hydrogens (tertiary/aromatic N) is 1. The Morgan fingerprint density at radius 2 is 1.82 bits per heavy atom. The zero-order chi connectivity index (χ0) is 23.6. The molecule has 0 saturated carbocycles. The number of benzene rings is 2. The van der Waals surface area contributed by atoms with E-state index in [0.29, 0.717) is 15.9 Å². The number of rotatable bonds is 5. The quantitative estimate of drug-likeness (QED) is 0.271. The van der Waals surface area contributed by atoms with E-state index in [-0.39, 0.29) is 17.1 Å². The molecule has 4 rings (SSSR count). The average molecular weight is 444 g/mol. The Balaban J connectivity index is 1.56. The molecule has 7 heteroatoms. The van der Waals surface area contributed by atoms with Gasteiger partial charge >= 0.3 is 5.91 Å². The van der Waals surface area contributed by atoms with Crippen molar-refractivity contribution < 1.29 is 19.1 Å². The fraction of sp³-hybridized carbons (Fsp3) is 0.192. The summed E-state index contributed by atoms with van der Waals surface area (Å²) in [6.07, 6.45) is 3.71. The van der Waals surface area contributed by atoms with E-state index in [1.807, 2.05) is 18.2 Å². The molecule has 0 unspecified atom stereocenters. The second-order valence-corrected chi connectivity index (χ2v) is 8.57. The van der Waals surface area contributed by atoms with Crippen molar-refractivity contribution in [2.45, 2.75) is 25.8 Å². The zero-order valence-corrected chi connectivity index (χ0v) is 18.7. The first-order valence-electron chi connectivity index (χ1n) is 10.6. The van der Waals surface area contributed by atoms with Crippen LogP contribution in [0.2, 0.25) is 0 Å². The van der Waals surface area contributed by atoms with E-state index in [2.05, 4.69) is 24.5 Å². The number of carbonyl (C=O) groups excluding carboxylic acids is 2. The van der Waals surface area contributed by atoms with Crippen LogP contribution in [-0.2, 0) is 6.42 Å². The summed E-state index contributed by atoms with van der Waals surface area (Å²) in [5.74, 6) is 0.241. The number of nitrogens with one attached hydrogen (secondary N) is 2. The maximum atomic E-state index is 13.0. The predicted molar refractivity (Wildman–Crippen MR) is 126 cm³/mol. The number of ether oxygens (including phenoxy) is 1. The molecule has 0 spiro atoms. The summed E-state index contributed by atoms with van der Waals surface area (Å²) in [4.78, 5) is 25.5. The number of anilines is 1. The number of pyridine rings is 1. The van der Waals surface area contributed by atoms with E-state index in [1.54, 1.807) is 49.6 Å². The monoisotopic (exact) mass is 443 g/mol. The molecule has 1 aliphatic rings. The lowest BCUT2D eigenvalue weighted by Gasteiger charge is -2.35. The van der Waals surface area contributed by atoms with E-state index in [1.165, 1.54) is 12.3 Å². The minimum absolute atomic E-state index is 0.132. The van der Waals surface area contributed by atoms with Gasteiger partial charge < -0.3 is 15.3 Å². The van der Waals surface area contributed by atoms with Crippen molar-refractivity contribution in [1.82, 2.24) is 5.32 Å². The van der Waals surface area contributed by atoms with Crippen LogP contribution >= 0.6 is 0 Å². The molecular weight excluding hydrogens is 418 g/mol. The van der Waals surface area contributed by atoms with Gasteiger partial charge in [0.1, 0.15) is 5.75 Å². The number of amides is 1. The predicted octanol–water partition coefficient (Wildman–Crippen LogP) is 3.73. The van der Waals surface area contributed by atoms with Gasteiger partial charge in [-0.1, -0.05) is 24.3 Å². The van der Waals surface area contributed by atoms with Crippen LogP contribution in [0.3, 0.4) is 0 Å². The summed E-state index contributed by atoms with van der Waals surface area (Å²) >= 11 is 0. The standard InChI is InChI=1S/C26H25N3O4/c1-26(2)16-19-11-12-20(33-3)14-21(19)22(28-26)15-23(30)17-7-9-18(10-8-17)25(31)27-24-6-4-5-13-29(24)32/h4-15,28H,16H2,1-3H3,(H,27,31). The highest BCUT2D eigenvalue weighted by Crippen LogP contribution is 2.32. The lowest BCUT2D eigenvalue weighted by molar-refractivity contribution is -0.590. The molecule has 1 aliphatic heterocycles. The van der Waals surface area contributed by atoms with E-state index < -0.39 is 5.91 Å². The Bertz CT molecular complexity index is 1250. The van der Waals surface area contributed by atoms with Gasteiger partial charge in [-0.2, -0.15) is 0 Å². The maximum absolute atomic E-state index is 13.0. The zero-order valence-electron chi connectivity index (χ0n) is 18.7. The van der Waals surface area contributed by atoms with Crippen LogP contribution in [0.25, 0.3) is 5.70 Å². The maximum Gasteiger partial charge on any atom is 0.339 e. The number of methoxy groups -OCH3 is 1. The van der Waals surface area contributed by atoms with Gasteiger partial charge in [0.25, 0.3) is 5.82 Å². The van der Waals surface area contributed by atoms with Gasteiger partial charge in [-0.25, -0.2) is 14.8 Å². The SMILES string of the molecule is COc1ccc2c(c1)C(=CC(=O)c1ccc(C(=O)Nc3cccc[n+]3[O-])cc1)NC(C)(C)C2. The second-order valence-electron chi connectivity index (χ2n) is 8.57. The second kappa shape index (κ2) is 8.78. The normalized spacial score (nSPS) is 15.3. The van der Waals surface area contributed by atoms with Crippen LogP contribution in [0.4, 0.5) is 5.82 Å². The Labute approximate surface area is 192 Å². The van der Waals surface area contributed by atoms with Gasteiger partial charge in [-0.15, -0.1) is 0 Å². The molecule has 2 N–H and O–H groups in total. The highest BCUT2D eigenvalue weighted by Gasteiger charge is 2.28. The average Bonchev–Trinajstić information content (AvgIpc) is 2.79. The molecule has 0 fully saturated rings. The van der Waals surface area contributed by atoms with E-state index in [4.69, 9.17) is 4.74 Å². The Morgan fingerprint density at radius 3 is 2.52 bits per heavy atom. The first-order chi connectivity index (χ1) is 15.8. The molecule has 0 bridgehead atoms. The van der Waals surface area contributed by atoms with Gasteiger partial charge in [0.15, 0.2) is 5.78 Å². The van der Waals surface area contributed by atoms with Crippen LogP contribution in [0.5, 0.6) is 5.75 Å². The smallest absolute Gasteiger partial charge is 0.339 e. The number of allylic oxidation sites excluding steroid dienone is 1. The fourth-order valence-electron chi connectivity index (χ4n) is 3.87. The molecular formula is C26H25N3O4. The van der Waals surface area contributed by atoms with Crippen LogP contribution in [0.1, 0.15) is 45.7 Å². The van der Waals surface area contributed by atoms with E-state index >= 15 is 0 Å². The van der Waals surface area contributed by atoms with E-state index in [0.717, 1.165) is 29.0 Å². The van der Waals surface area contributed by atoms with Gasteiger partial charge in [0, 0.05) is 34.5 Å². The molecule has 7 nitrogen and oxygen atoms in total. The van der Waals surface area contributed by atoms with Gasteiger partial charge in [-0.3, -0.25) is 4.79 Å². The summed E-state index contributed by atoms with van der Waals surface area (Å²) < 4.78 is 5.93. The molecule has 33 heavy (non-hydrogen) atoms. The first-order valence-corrected chi connectivity index (χ1v) is 10.6. The van der Waals surface area contributed by atoms with Crippen LogP contribution < -0.4 is 20.1 Å². The molecule has 0 radical (unpaired) electrons. The molecule has 1 aromatic heterocycles. The fourth-order valence-corrected chi connectivity index (χ4v) is 3.87. The Hall–Kier alpha value is -4.13. The van der Waals surface area contributed by atoms with Crippen molar-refractivity contribution in [1.29, 1.82) is 0 Å². The van der Waals surface area contributed by atoms with Crippen LogP contribution in [-0.4, -0.2) is 24.3 Å². The summed E-state index contributed by atoms with van der Waals surface area (Å²) in [6.45, 7) is 4.18. The lowest BCUT2D eigenvalue weighted by Crippen LogP contribution is -2.43. The molecule has 3 aromatic rings. The lowest BCUT2D eigenvalue weighted by atomic mass is 9.85. The van der Waals surface area contributed by atoms with Crippen molar-refractivity contribution in [2.24, 2.45) is 0 Å². The number of hydrogen-bond acceptors (Lipinski definition) is 5. The van der Waals surface area contributed by atoms with Crippen LogP contribution in [0.15, 0.2) is 72.9 Å². The van der Waals surface area contributed by atoms with Crippen molar-refractivity contribution in [3.63, 3.8) is 0 Å². The minimum Gasteiger partial charge on any atom is -0.711 e. The molecule has 2 aromatic carbocycles. The molecule has 168 valence electrons. The third kappa shape index (κ3) is 4.87. The molecule has 0 saturated heterocycles. The van der Waals surface area contributed by atoms with Crippen molar-refractivity contribution in [3.8, 4) is 5.75 Å². The van der Waals surface area contributed by atoms with Crippen molar-refractivity contribution >= 4 is 23.2 Å². The number of carbonyl (C=O) groups is 2. The molecule has 0 aliphatic carbocycles. The molecule has 0 atom stereocenters. The highest BCUT2D eigenvalue weighted by molar-refractivity contribution is 6.09. The number of aromatic nitrogens is 1. The Kier molecular flexibility index (Phi) is 5.87. The third-order valence-electron chi connectivity index (χ3n) is 5.49. The summed E-state index contributed by atoms with van der Waals surface area (Å²) in [5, 5.41) is 17.7. The van der Waals surface area contributed by atoms with Crippen molar-refractivity contribution in [2.75, 3.05) is 12.4 Å². The minimum atomic E-state index is -0.431. The van der Waals surface area contributed by atoms with Crippen molar-refractivity contribution in [3.05, 3.63) is 100 Å². The van der Waals surface area contributed by atoms with Crippen LogP contribution in [0, 0.1) is 5.21 Å². The number of hydrogen-bond donors (Lipinski definition) is 2. The number of fused-ring (bicyclic) bond motifs is 1. The largest absolute Gasteiger partial charge is 0.711 e. The van der Waals surface area contributed by atoms with Gasteiger partial charge in [0.05, 0.1) is 18.9 Å². The highest BCUT2D eigenvalue weighted by atomic mass is 16.5. The number of ketones is 1. The first kappa shape index (κ1) is 22.1. The summed E-state index contributed by atoms with van der Waals surface area (Å²) in [7, 11) is 1.61. The Morgan fingerprint density at radius 1 is 1.09 bits per heavy atom. The molecule has 2 heterocycles. The summed E-state index contributed by atoms with van der Waals surface area (Å²) in [6, 6.07) is 17.0. The molecule has 1 amide bonds. The third-order valence-corrected chi connectivity index (χ3v) is 5.49. The van der Waals surface area contributed by atoms with Gasteiger partial charge in [-0.05, 0) is 56.2 Å².